The topological polar surface area (TPSA) is 123 Å². The lowest BCUT2D eigenvalue weighted by molar-refractivity contribution is -0.119. The molecule has 178 valence electrons. The third kappa shape index (κ3) is 8.79. The molecule has 1 aromatic carbocycles. The number of unbranched alkanes of at least 4 members (excludes halogenated alkanes) is 2. The van der Waals surface area contributed by atoms with Crippen molar-refractivity contribution in [1.29, 1.82) is 5.26 Å². The zero-order valence-corrected chi connectivity index (χ0v) is 19.5. The molecule has 0 aliphatic rings. The van der Waals surface area contributed by atoms with Crippen LogP contribution in [0.4, 0.5) is 0 Å². The summed E-state index contributed by atoms with van der Waals surface area (Å²) < 4.78 is 7.13. The molecule has 0 unspecified atom stereocenters. The van der Waals surface area contributed by atoms with Crippen LogP contribution < -0.4 is 15.8 Å². The molecule has 8 heteroatoms. The number of nitrogens with one attached hydrogen (secondary N) is 1. The minimum Gasteiger partial charge on any atom is -0.483 e. The summed E-state index contributed by atoms with van der Waals surface area (Å²) in [5, 5.41) is 16.4. The molecule has 0 saturated heterocycles. The van der Waals surface area contributed by atoms with Gasteiger partial charge in [-0.1, -0.05) is 43.0 Å². The quantitative estimate of drug-likeness (QED) is 0.252. The van der Waals surface area contributed by atoms with Crippen LogP contribution in [0.2, 0.25) is 0 Å². The largest absolute Gasteiger partial charge is 0.483 e. The molecule has 3 N–H and O–H groups in total. The number of ether oxygens (including phenoxy) is 1. The Morgan fingerprint density at radius 1 is 1.24 bits per heavy atom. The number of hydrogen-bond donors (Lipinski definition) is 2. The zero-order valence-electron chi connectivity index (χ0n) is 19.5. The first-order valence-electron chi connectivity index (χ1n) is 11.1. The van der Waals surface area contributed by atoms with E-state index >= 15 is 0 Å². The van der Waals surface area contributed by atoms with Crippen LogP contribution >= 0.6 is 0 Å². The van der Waals surface area contributed by atoms with Crippen molar-refractivity contribution in [2.45, 2.75) is 45.7 Å². The van der Waals surface area contributed by atoms with Crippen LogP contribution in [0.5, 0.6) is 5.75 Å². The number of aromatic nitrogens is 2. The zero-order chi connectivity index (χ0) is 24.8. The lowest BCUT2D eigenvalue weighted by Gasteiger charge is -2.12. The second-order valence-corrected chi connectivity index (χ2v) is 7.62. The molecule has 0 aliphatic carbocycles. The van der Waals surface area contributed by atoms with E-state index in [9.17, 15) is 9.59 Å². The number of primary amides is 1. The summed E-state index contributed by atoms with van der Waals surface area (Å²) in [6.45, 7) is 5.96. The number of rotatable bonds is 14. The predicted molar refractivity (Wildman–Crippen MR) is 131 cm³/mol. The molecule has 1 heterocycles. The summed E-state index contributed by atoms with van der Waals surface area (Å²) in [6, 6.07) is 8.59. The lowest BCUT2D eigenvalue weighted by atomic mass is 10.1. The van der Waals surface area contributed by atoms with Gasteiger partial charge in [0.2, 0.25) is 0 Å². The molecule has 0 spiro atoms. The maximum absolute atomic E-state index is 12.8. The molecule has 2 aromatic rings. The van der Waals surface area contributed by atoms with Crippen LogP contribution in [0.3, 0.4) is 0 Å². The summed E-state index contributed by atoms with van der Waals surface area (Å²) in [5.74, 6) is -0.568. The number of carbonyl (C=O) groups excluding carboxylic acids is 2. The van der Waals surface area contributed by atoms with Gasteiger partial charge < -0.3 is 15.8 Å². The third-order valence-electron chi connectivity index (χ3n) is 4.82. The number of nitrogens with two attached hydrogens (primary N) is 1. The minimum atomic E-state index is -0.629. The molecule has 1 aromatic heterocycles. The number of benzene rings is 1. The number of carbonyl (C=O) groups is 2. The molecule has 34 heavy (non-hydrogen) atoms. The maximum atomic E-state index is 12.8. The van der Waals surface area contributed by atoms with E-state index in [4.69, 9.17) is 15.7 Å². The van der Waals surface area contributed by atoms with Crippen LogP contribution in [0, 0.1) is 18.3 Å². The van der Waals surface area contributed by atoms with Crippen molar-refractivity contribution in [3.8, 4) is 11.8 Å². The highest BCUT2D eigenvalue weighted by Crippen LogP contribution is 2.20. The van der Waals surface area contributed by atoms with Crippen molar-refractivity contribution in [3.63, 3.8) is 0 Å². The molecule has 8 nitrogen and oxygen atoms in total. The van der Waals surface area contributed by atoms with Crippen LogP contribution in [0.15, 0.2) is 61.2 Å². The molecule has 0 fully saturated rings. The first-order chi connectivity index (χ1) is 16.4. The van der Waals surface area contributed by atoms with Crippen molar-refractivity contribution in [3.05, 3.63) is 83.7 Å². The van der Waals surface area contributed by atoms with Gasteiger partial charge in [-0.05, 0) is 50.8 Å². The predicted octanol–water partition coefficient (Wildman–Crippen LogP) is 3.72. The van der Waals surface area contributed by atoms with Crippen LogP contribution in [0.25, 0.3) is 0 Å². The van der Waals surface area contributed by atoms with E-state index in [2.05, 4.69) is 35.2 Å². The van der Waals surface area contributed by atoms with E-state index in [1.165, 1.54) is 6.07 Å². The minimum absolute atomic E-state index is 0.159. The fourth-order valence-corrected chi connectivity index (χ4v) is 3.20. The second kappa shape index (κ2) is 14.1. The standard InChI is InChI=1S/C26H31N5O3/c1-3-4-5-6-7-8-9-10-11-14-31-23(15-20(2)30-31)26(33)29-18-22-13-12-21(17-27)16-24(22)34-19-25(28)32/h3-5,8-9,12-13,15-16H,1,6-7,10-11,14,18-19H2,2H3,(H2,28,32)(H,29,33)/b5-4-,9-8-. The highest BCUT2D eigenvalue weighted by atomic mass is 16.5. The van der Waals surface area contributed by atoms with Gasteiger partial charge in [0.1, 0.15) is 11.4 Å². The highest BCUT2D eigenvalue weighted by Gasteiger charge is 2.15. The molecule has 0 radical (unpaired) electrons. The molecule has 0 saturated carbocycles. The fourth-order valence-electron chi connectivity index (χ4n) is 3.20. The smallest absolute Gasteiger partial charge is 0.269 e. The molecular weight excluding hydrogens is 430 g/mol. The Bertz CT molecular complexity index is 1090. The summed E-state index contributed by atoms with van der Waals surface area (Å²) in [7, 11) is 0. The van der Waals surface area contributed by atoms with E-state index in [1.54, 1.807) is 29.0 Å². The van der Waals surface area contributed by atoms with Gasteiger partial charge in [-0.3, -0.25) is 14.3 Å². The Morgan fingerprint density at radius 2 is 2.00 bits per heavy atom. The van der Waals surface area contributed by atoms with Gasteiger partial charge in [0, 0.05) is 18.7 Å². The second-order valence-electron chi connectivity index (χ2n) is 7.62. The summed E-state index contributed by atoms with van der Waals surface area (Å²) >= 11 is 0. The SMILES string of the molecule is C=C/C=C\CC/C=C\CCCn1nc(C)cc1C(=O)NCc1ccc(C#N)cc1OCC(N)=O. The first-order valence-corrected chi connectivity index (χ1v) is 11.1. The molecule has 2 rings (SSSR count). The summed E-state index contributed by atoms with van der Waals surface area (Å²) in [5.41, 5.74) is 7.40. The average Bonchev–Trinajstić information content (AvgIpc) is 3.20. The van der Waals surface area contributed by atoms with Crippen molar-refractivity contribution < 1.29 is 14.3 Å². The Kier molecular flexibility index (Phi) is 10.8. The number of nitrogens with zero attached hydrogens (tertiary/aromatic N) is 3. The maximum Gasteiger partial charge on any atom is 0.269 e. The van der Waals surface area contributed by atoms with Gasteiger partial charge in [-0.2, -0.15) is 10.4 Å². The van der Waals surface area contributed by atoms with Crippen molar-refractivity contribution in [1.82, 2.24) is 15.1 Å². The Balaban J connectivity index is 1.94. The van der Waals surface area contributed by atoms with Crippen LogP contribution in [0.1, 0.15) is 53.0 Å². The number of amides is 2. The number of aryl methyl sites for hydroxylation is 2. The van der Waals surface area contributed by atoms with Crippen molar-refractivity contribution in [2.75, 3.05) is 6.61 Å². The monoisotopic (exact) mass is 461 g/mol. The molecule has 0 bridgehead atoms. The Morgan fingerprint density at radius 3 is 2.74 bits per heavy atom. The van der Waals surface area contributed by atoms with Gasteiger partial charge >= 0.3 is 0 Å². The third-order valence-corrected chi connectivity index (χ3v) is 4.82. The van der Waals surface area contributed by atoms with E-state index in [-0.39, 0.29) is 19.1 Å². The van der Waals surface area contributed by atoms with E-state index in [0.29, 0.717) is 29.1 Å². The first kappa shape index (κ1) is 26.1. The number of allylic oxidation sites excluding steroid dienone is 5. The van der Waals surface area contributed by atoms with Gasteiger partial charge in [0.05, 0.1) is 17.3 Å². The number of nitriles is 1. The van der Waals surface area contributed by atoms with Crippen LogP contribution in [-0.4, -0.2) is 28.2 Å². The molecule has 0 atom stereocenters. The van der Waals surface area contributed by atoms with E-state index < -0.39 is 5.91 Å². The van der Waals surface area contributed by atoms with E-state index in [0.717, 1.165) is 31.4 Å². The summed E-state index contributed by atoms with van der Waals surface area (Å²) in [6.07, 6.45) is 13.8. The Labute approximate surface area is 200 Å². The molecular formula is C26H31N5O3. The van der Waals surface area contributed by atoms with E-state index in [1.807, 2.05) is 19.1 Å². The lowest BCUT2D eigenvalue weighted by Crippen LogP contribution is -2.26. The molecule has 2 amide bonds. The molecule has 0 aliphatic heterocycles. The van der Waals surface area contributed by atoms with Gasteiger partial charge in [-0.15, -0.1) is 0 Å². The average molecular weight is 462 g/mol. The van der Waals surface area contributed by atoms with Gasteiger partial charge in [0.15, 0.2) is 6.61 Å². The Hall–Kier alpha value is -4.12. The highest BCUT2D eigenvalue weighted by molar-refractivity contribution is 5.92. The normalized spacial score (nSPS) is 10.9. The van der Waals surface area contributed by atoms with Crippen molar-refractivity contribution >= 4 is 11.8 Å². The van der Waals surface area contributed by atoms with Gasteiger partial charge in [-0.25, -0.2) is 0 Å². The van der Waals surface area contributed by atoms with Gasteiger partial charge in [0.25, 0.3) is 11.8 Å². The van der Waals surface area contributed by atoms with Crippen LogP contribution in [-0.2, 0) is 17.9 Å². The number of hydrogen-bond acceptors (Lipinski definition) is 5. The fraction of sp³-hybridized carbons (Fsp3) is 0.308. The van der Waals surface area contributed by atoms with Crippen molar-refractivity contribution in [2.24, 2.45) is 5.73 Å². The summed E-state index contributed by atoms with van der Waals surface area (Å²) in [4.78, 5) is 23.9.